The zero-order valence-electron chi connectivity index (χ0n) is 13.6. The van der Waals surface area contributed by atoms with Gasteiger partial charge in [-0.1, -0.05) is 20.8 Å². The molecule has 0 heterocycles. The van der Waals surface area contributed by atoms with Gasteiger partial charge >= 0.3 is 12.0 Å². The van der Waals surface area contributed by atoms with E-state index in [0.717, 1.165) is 0 Å². The Labute approximate surface area is 129 Å². The van der Waals surface area contributed by atoms with Gasteiger partial charge in [0.2, 0.25) is 0 Å². The van der Waals surface area contributed by atoms with Gasteiger partial charge in [-0.25, -0.2) is 4.79 Å². The predicted octanol–water partition coefficient (Wildman–Crippen LogP) is 1.58. The second-order valence-electron chi connectivity index (χ2n) is 6.62. The number of hydrogen-bond donors (Lipinski definition) is 3. The number of aliphatic carboxylic acids is 1. The molecule has 0 aromatic heterocycles. The summed E-state index contributed by atoms with van der Waals surface area (Å²) < 4.78 is 11.0. The summed E-state index contributed by atoms with van der Waals surface area (Å²) in [5, 5.41) is 14.5. The highest BCUT2D eigenvalue weighted by molar-refractivity contribution is 7.84. The maximum absolute atomic E-state index is 11.7. The summed E-state index contributed by atoms with van der Waals surface area (Å²) >= 11 is 0. The quantitative estimate of drug-likeness (QED) is 0.633. The Hall–Kier alpha value is -1.11. The van der Waals surface area contributed by atoms with Gasteiger partial charge in [0.15, 0.2) is 0 Å². The normalized spacial score (nSPS) is 15.9. The third-order valence-electron chi connectivity index (χ3n) is 2.93. The summed E-state index contributed by atoms with van der Waals surface area (Å²) in [6.45, 7) is 7.84. The standard InChI is InChI=1S/C14H28N2O4S/c1-10(6-7-21(5)20)16-13(19)15-9-11(12(17)18)8-14(2,3)4/h10-11H,6-9H2,1-5H3,(H,17,18)(H2,15,16,19). The van der Waals surface area contributed by atoms with E-state index in [9.17, 15) is 18.9 Å². The number of amides is 2. The van der Waals surface area contributed by atoms with E-state index in [4.69, 9.17) is 0 Å². The lowest BCUT2D eigenvalue weighted by molar-refractivity contribution is -0.142. The van der Waals surface area contributed by atoms with E-state index in [0.29, 0.717) is 18.6 Å². The Kier molecular flexibility index (Phi) is 8.54. The van der Waals surface area contributed by atoms with Crippen molar-refractivity contribution in [2.45, 2.75) is 46.6 Å². The van der Waals surface area contributed by atoms with Crippen LogP contribution in [0.4, 0.5) is 4.79 Å². The molecule has 0 aliphatic rings. The smallest absolute Gasteiger partial charge is 0.315 e. The highest BCUT2D eigenvalue weighted by Gasteiger charge is 2.25. The molecule has 124 valence electrons. The van der Waals surface area contributed by atoms with Crippen LogP contribution in [-0.2, 0) is 15.6 Å². The Balaban J connectivity index is 4.19. The van der Waals surface area contributed by atoms with Gasteiger partial charge in [0.25, 0.3) is 0 Å². The molecule has 6 nitrogen and oxygen atoms in total. The third kappa shape index (κ3) is 11.2. The number of carbonyl (C=O) groups excluding carboxylic acids is 1. The Bertz CT molecular complexity index is 380. The number of carboxylic acid groups (broad SMARTS) is 1. The summed E-state index contributed by atoms with van der Waals surface area (Å²) in [6, 6.07) is -0.482. The minimum absolute atomic E-state index is 0.0974. The topological polar surface area (TPSA) is 95.5 Å². The van der Waals surface area contributed by atoms with Crippen molar-refractivity contribution in [1.29, 1.82) is 0 Å². The van der Waals surface area contributed by atoms with E-state index in [2.05, 4.69) is 10.6 Å². The van der Waals surface area contributed by atoms with Crippen LogP contribution in [0.3, 0.4) is 0 Å². The molecule has 0 spiro atoms. The number of hydrogen-bond acceptors (Lipinski definition) is 3. The van der Waals surface area contributed by atoms with E-state index < -0.39 is 22.7 Å². The SMILES string of the molecule is CC(CCS(C)=O)NC(=O)NCC(CC(C)(C)C)C(=O)O. The second-order valence-corrected chi connectivity index (χ2v) is 8.18. The molecular weight excluding hydrogens is 292 g/mol. The average Bonchev–Trinajstić information content (AvgIpc) is 2.30. The minimum atomic E-state index is -0.903. The first-order valence-electron chi connectivity index (χ1n) is 7.08. The molecule has 3 atom stereocenters. The van der Waals surface area contributed by atoms with E-state index >= 15 is 0 Å². The second kappa shape index (κ2) is 9.02. The summed E-state index contributed by atoms with van der Waals surface area (Å²) in [6.07, 6.45) is 2.74. The minimum Gasteiger partial charge on any atom is -0.481 e. The van der Waals surface area contributed by atoms with Crippen molar-refractivity contribution < 1.29 is 18.9 Å². The summed E-state index contributed by atoms with van der Waals surface area (Å²) in [5.41, 5.74) is -0.111. The van der Waals surface area contributed by atoms with Crippen LogP contribution < -0.4 is 10.6 Å². The van der Waals surface area contributed by atoms with E-state index in [-0.39, 0.29) is 24.0 Å². The number of carbonyl (C=O) groups is 2. The summed E-state index contributed by atoms with van der Waals surface area (Å²) in [5.74, 6) is -0.975. The lowest BCUT2D eigenvalue weighted by Crippen LogP contribution is -2.44. The van der Waals surface area contributed by atoms with Gasteiger partial charge in [-0.3, -0.25) is 9.00 Å². The Morgan fingerprint density at radius 3 is 2.29 bits per heavy atom. The van der Waals surface area contributed by atoms with E-state index in [1.54, 1.807) is 6.26 Å². The number of nitrogens with one attached hydrogen (secondary N) is 2. The molecule has 0 fully saturated rings. The molecular formula is C14H28N2O4S. The molecule has 3 unspecified atom stereocenters. The molecule has 7 heteroatoms. The lowest BCUT2D eigenvalue weighted by Gasteiger charge is -2.23. The van der Waals surface area contributed by atoms with Crippen molar-refractivity contribution in [3.63, 3.8) is 0 Å². The van der Waals surface area contributed by atoms with Gasteiger partial charge in [-0.05, 0) is 25.2 Å². The molecule has 0 bridgehead atoms. The lowest BCUT2D eigenvalue weighted by atomic mass is 9.84. The number of rotatable bonds is 8. The molecule has 3 N–H and O–H groups in total. The van der Waals surface area contributed by atoms with Crippen molar-refractivity contribution in [3.05, 3.63) is 0 Å². The summed E-state index contributed by atoms with van der Waals surface area (Å²) in [4.78, 5) is 22.9. The first-order chi connectivity index (χ1) is 9.51. The first kappa shape index (κ1) is 19.9. The molecule has 0 saturated carbocycles. The molecule has 0 radical (unpaired) electrons. The van der Waals surface area contributed by atoms with Gasteiger partial charge in [-0.15, -0.1) is 0 Å². The molecule has 0 aromatic rings. The highest BCUT2D eigenvalue weighted by atomic mass is 32.2. The van der Waals surface area contributed by atoms with Crippen LogP contribution in [0, 0.1) is 11.3 Å². The third-order valence-corrected chi connectivity index (χ3v) is 3.74. The maximum Gasteiger partial charge on any atom is 0.315 e. The number of urea groups is 1. The van der Waals surface area contributed by atoms with E-state index in [1.165, 1.54) is 0 Å². The average molecular weight is 320 g/mol. The van der Waals surface area contributed by atoms with Crippen molar-refractivity contribution in [2.24, 2.45) is 11.3 Å². The molecule has 0 aromatic carbocycles. The van der Waals surface area contributed by atoms with Gasteiger partial charge in [0.05, 0.1) is 5.92 Å². The maximum atomic E-state index is 11.7. The van der Waals surface area contributed by atoms with Crippen LogP contribution in [0.2, 0.25) is 0 Å². The molecule has 0 rings (SSSR count). The van der Waals surface area contributed by atoms with Crippen molar-refractivity contribution in [2.75, 3.05) is 18.6 Å². The van der Waals surface area contributed by atoms with E-state index in [1.807, 2.05) is 27.7 Å². The van der Waals surface area contributed by atoms with Crippen molar-refractivity contribution in [3.8, 4) is 0 Å². The fourth-order valence-electron chi connectivity index (χ4n) is 1.89. The first-order valence-corrected chi connectivity index (χ1v) is 8.81. The molecule has 21 heavy (non-hydrogen) atoms. The molecule has 2 amide bonds. The highest BCUT2D eigenvalue weighted by Crippen LogP contribution is 2.24. The zero-order valence-corrected chi connectivity index (χ0v) is 14.4. The Morgan fingerprint density at radius 2 is 1.86 bits per heavy atom. The number of carboxylic acids is 1. The Morgan fingerprint density at radius 1 is 1.29 bits per heavy atom. The van der Waals surface area contributed by atoms with Crippen LogP contribution in [0.1, 0.15) is 40.5 Å². The van der Waals surface area contributed by atoms with Gasteiger partial charge in [0, 0.05) is 35.4 Å². The summed E-state index contributed by atoms with van der Waals surface area (Å²) in [7, 11) is -0.879. The van der Waals surface area contributed by atoms with Crippen LogP contribution >= 0.6 is 0 Å². The van der Waals surface area contributed by atoms with Gasteiger partial charge in [0.1, 0.15) is 0 Å². The van der Waals surface area contributed by atoms with Crippen molar-refractivity contribution in [1.82, 2.24) is 10.6 Å². The molecule has 0 saturated heterocycles. The largest absolute Gasteiger partial charge is 0.481 e. The van der Waals surface area contributed by atoms with Crippen LogP contribution in [-0.4, -0.2) is 45.9 Å². The zero-order chi connectivity index (χ0) is 16.6. The van der Waals surface area contributed by atoms with Crippen molar-refractivity contribution >= 4 is 22.8 Å². The monoisotopic (exact) mass is 320 g/mol. The fraction of sp³-hybridized carbons (Fsp3) is 0.857. The van der Waals surface area contributed by atoms with Crippen LogP contribution in [0.15, 0.2) is 0 Å². The van der Waals surface area contributed by atoms with Gasteiger partial charge in [-0.2, -0.15) is 0 Å². The fourth-order valence-corrected chi connectivity index (χ4v) is 2.58. The predicted molar refractivity (Wildman–Crippen MR) is 84.7 cm³/mol. The van der Waals surface area contributed by atoms with Crippen LogP contribution in [0.5, 0.6) is 0 Å². The van der Waals surface area contributed by atoms with Gasteiger partial charge < -0.3 is 15.7 Å². The van der Waals surface area contributed by atoms with Crippen LogP contribution in [0.25, 0.3) is 0 Å². The molecule has 0 aliphatic heterocycles. The molecule has 0 aliphatic carbocycles.